The van der Waals surface area contributed by atoms with Crippen molar-refractivity contribution < 1.29 is 28.7 Å². The number of allylic oxidation sites excluding steroid dienone is 3. The first-order valence-electron chi connectivity index (χ1n) is 9.14. The van der Waals surface area contributed by atoms with E-state index in [1.54, 1.807) is 6.26 Å². The SMILES string of the molecule is C1=CC(C2=C(C3=COc4ccccc4O3)Oc3ccccc3O2)=C2OOC=C2C1. The highest BCUT2D eigenvalue weighted by molar-refractivity contribution is 5.58. The summed E-state index contributed by atoms with van der Waals surface area (Å²) in [5.74, 6) is 4.25. The van der Waals surface area contributed by atoms with Crippen molar-refractivity contribution in [3.05, 3.63) is 107 Å². The van der Waals surface area contributed by atoms with Gasteiger partial charge in [-0.1, -0.05) is 36.4 Å². The van der Waals surface area contributed by atoms with Crippen molar-refractivity contribution in [2.75, 3.05) is 0 Å². The van der Waals surface area contributed by atoms with Gasteiger partial charge in [0, 0.05) is 5.57 Å². The average Bonchev–Trinajstić information content (AvgIpc) is 3.27. The molecule has 2 aromatic carbocycles. The van der Waals surface area contributed by atoms with Crippen LogP contribution >= 0.6 is 0 Å². The van der Waals surface area contributed by atoms with E-state index in [0.29, 0.717) is 58.0 Å². The zero-order chi connectivity index (χ0) is 19.2. The van der Waals surface area contributed by atoms with Gasteiger partial charge in [-0.05, 0) is 30.7 Å². The molecule has 6 heteroatoms. The van der Waals surface area contributed by atoms with E-state index in [-0.39, 0.29) is 0 Å². The summed E-state index contributed by atoms with van der Waals surface area (Å²) in [6.45, 7) is 0. The van der Waals surface area contributed by atoms with Crippen LogP contribution in [-0.4, -0.2) is 0 Å². The zero-order valence-electron chi connectivity index (χ0n) is 15.1. The predicted molar refractivity (Wildman–Crippen MR) is 102 cm³/mol. The van der Waals surface area contributed by atoms with Gasteiger partial charge in [0.2, 0.25) is 11.5 Å². The lowest BCUT2D eigenvalue weighted by molar-refractivity contribution is -0.192. The molecule has 0 saturated heterocycles. The third-order valence-corrected chi connectivity index (χ3v) is 4.79. The lowest BCUT2D eigenvalue weighted by atomic mass is 9.98. The van der Waals surface area contributed by atoms with E-state index in [4.69, 9.17) is 28.7 Å². The third kappa shape index (κ3) is 2.57. The van der Waals surface area contributed by atoms with E-state index < -0.39 is 0 Å². The first-order chi connectivity index (χ1) is 14.4. The molecule has 2 aromatic rings. The van der Waals surface area contributed by atoms with Gasteiger partial charge in [0.25, 0.3) is 0 Å². The topological polar surface area (TPSA) is 55.4 Å². The first kappa shape index (κ1) is 15.9. The fourth-order valence-corrected chi connectivity index (χ4v) is 3.42. The second-order valence-electron chi connectivity index (χ2n) is 6.63. The highest BCUT2D eigenvalue weighted by Gasteiger charge is 2.34. The van der Waals surface area contributed by atoms with Gasteiger partial charge in [0.05, 0.1) is 5.57 Å². The van der Waals surface area contributed by atoms with Crippen LogP contribution in [0.25, 0.3) is 0 Å². The van der Waals surface area contributed by atoms with Gasteiger partial charge in [-0.25, -0.2) is 0 Å². The molecule has 1 aliphatic carbocycles. The summed E-state index contributed by atoms with van der Waals surface area (Å²) in [4.78, 5) is 10.4. The molecule has 29 heavy (non-hydrogen) atoms. The fourth-order valence-electron chi connectivity index (χ4n) is 3.42. The highest BCUT2D eigenvalue weighted by atomic mass is 17.2. The van der Waals surface area contributed by atoms with Crippen LogP contribution in [-0.2, 0) is 9.78 Å². The molecule has 0 amide bonds. The lowest BCUT2D eigenvalue weighted by Gasteiger charge is -2.27. The molecule has 0 bridgehead atoms. The normalized spacial score (nSPS) is 18.5. The second kappa shape index (κ2) is 6.24. The Kier molecular flexibility index (Phi) is 3.43. The van der Waals surface area contributed by atoms with Crippen LogP contribution < -0.4 is 18.9 Å². The average molecular weight is 386 g/mol. The minimum Gasteiger partial charge on any atom is -0.457 e. The van der Waals surface area contributed by atoms with Crippen LogP contribution in [0.15, 0.2) is 107 Å². The maximum absolute atomic E-state index is 6.24. The lowest BCUT2D eigenvalue weighted by Crippen LogP contribution is -2.20. The van der Waals surface area contributed by atoms with Crippen LogP contribution in [0.1, 0.15) is 6.42 Å². The van der Waals surface area contributed by atoms with Crippen molar-refractivity contribution >= 4 is 0 Å². The van der Waals surface area contributed by atoms with E-state index in [1.165, 1.54) is 6.26 Å². The summed E-state index contributed by atoms with van der Waals surface area (Å²) >= 11 is 0. The molecule has 6 rings (SSSR count). The van der Waals surface area contributed by atoms with Gasteiger partial charge in [0.15, 0.2) is 34.5 Å². The number of hydrogen-bond donors (Lipinski definition) is 0. The summed E-state index contributed by atoms with van der Waals surface area (Å²) in [6, 6.07) is 14.9. The molecule has 0 spiro atoms. The Hall–Kier alpha value is -4.06. The van der Waals surface area contributed by atoms with E-state index in [9.17, 15) is 0 Å². The van der Waals surface area contributed by atoms with Gasteiger partial charge in [-0.15, -0.1) is 0 Å². The van der Waals surface area contributed by atoms with E-state index in [2.05, 4.69) is 0 Å². The van der Waals surface area contributed by atoms with Gasteiger partial charge in [-0.3, -0.25) is 9.78 Å². The Bertz CT molecular complexity index is 1180. The van der Waals surface area contributed by atoms with Crippen molar-refractivity contribution in [2.45, 2.75) is 6.42 Å². The minimum absolute atomic E-state index is 0.391. The molecule has 3 heterocycles. The molecule has 4 aliphatic rings. The highest BCUT2D eigenvalue weighted by Crippen LogP contribution is 2.44. The second-order valence-corrected chi connectivity index (χ2v) is 6.63. The van der Waals surface area contributed by atoms with Gasteiger partial charge in [-0.2, -0.15) is 0 Å². The first-order valence-corrected chi connectivity index (χ1v) is 9.14. The summed E-state index contributed by atoms with van der Waals surface area (Å²) in [7, 11) is 0. The smallest absolute Gasteiger partial charge is 0.216 e. The number of fused-ring (bicyclic) bond motifs is 3. The number of rotatable bonds is 2. The van der Waals surface area contributed by atoms with Crippen molar-refractivity contribution in [3.8, 4) is 23.0 Å². The van der Waals surface area contributed by atoms with Gasteiger partial charge >= 0.3 is 0 Å². The molecule has 142 valence electrons. The molecule has 0 saturated carbocycles. The summed E-state index contributed by atoms with van der Waals surface area (Å²) in [5.41, 5.74) is 1.63. The predicted octanol–water partition coefficient (Wildman–Crippen LogP) is 5.04. The number of hydrogen-bond acceptors (Lipinski definition) is 6. The van der Waals surface area contributed by atoms with Crippen molar-refractivity contribution in [2.24, 2.45) is 0 Å². The van der Waals surface area contributed by atoms with Crippen molar-refractivity contribution in [1.82, 2.24) is 0 Å². The molecule has 0 fully saturated rings. The minimum atomic E-state index is 0.391. The Labute approximate surface area is 166 Å². The molecular formula is C23H14O6. The fraction of sp³-hybridized carbons (Fsp3) is 0.0435. The quantitative estimate of drug-likeness (QED) is 0.674. The van der Waals surface area contributed by atoms with Crippen molar-refractivity contribution in [1.29, 1.82) is 0 Å². The number of para-hydroxylation sites is 4. The molecular weight excluding hydrogens is 372 g/mol. The zero-order valence-corrected chi connectivity index (χ0v) is 15.1. The molecule has 0 radical (unpaired) electrons. The van der Waals surface area contributed by atoms with Crippen LogP contribution in [0.4, 0.5) is 0 Å². The van der Waals surface area contributed by atoms with E-state index >= 15 is 0 Å². The molecule has 0 unspecified atom stereocenters. The van der Waals surface area contributed by atoms with E-state index in [0.717, 1.165) is 5.57 Å². The number of ether oxygens (including phenoxy) is 4. The Balaban J connectivity index is 1.50. The van der Waals surface area contributed by atoms with E-state index in [1.807, 2.05) is 60.7 Å². The van der Waals surface area contributed by atoms with Crippen LogP contribution in [0.3, 0.4) is 0 Å². The summed E-state index contributed by atoms with van der Waals surface area (Å²) < 4.78 is 24.2. The maximum atomic E-state index is 6.24. The van der Waals surface area contributed by atoms with Gasteiger partial charge in [0.1, 0.15) is 12.5 Å². The summed E-state index contributed by atoms with van der Waals surface area (Å²) in [6.07, 6.45) is 7.75. The molecule has 3 aliphatic heterocycles. The number of benzene rings is 2. The third-order valence-electron chi connectivity index (χ3n) is 4.79. The molecule has 0 N–H and O–H groups in total. The monoisotopic (exact) mass is 386 g/mol. The molecule has 6 nitrogen and oxygen atoms in total. The Morgan fingerprint density at radius 3 is 2.14 bits per heavy atom. The standard InChI is InChI=1S/C23H14O6/c1-2-9-17-16(8-1)24-13-20(26-17)23-22(27-18-10-3-4-11-19(18)28-23)15-7-5-6-14-12-25-29-21(14)15/h1-5,7-13H,6H2. The summed E-state index contributed by atoms with van der Waals surface area (Å²) in [5, 5.41) is 0. The molecule has 0 atom stereocenters. The largest absolute Gasteiger partial charge is 0.457 e. The Morgan fingerprint density at radius 1 is 0.655 bits per heavy atom. The van der Waals surface area contributed by atoms with Gasteiger partial charge < -0.3 is 18.9 Å². The van der Waals surface area contributed by atoms with Crippen molar-refractivity contribution in [3.63, 3.8) is 0 Å². The maximum Gasteiger partial charge on any atom is 0.216 e. The molecule has 0 aromatic heterocycles. The van der Waals surface area contributed by atoms with Crippen LogP contribution in [0.5, 0.6) is 23.0 Å². The van der Waals surface area contributed by atoms with Crippen LogP contribution in [0, 0.1) is 0 Å². The van der Waals surface area contributed by atoms with Crippen LogP contribution in [0.2, 0.25) is 0 Å². The Morgan fingerprint density at radius 2 is 1.34 bits per heavy atom.